The third kappa shape index (κ3) is 3.99. The first-order valence-corrected chi connectivity index (χ1v) is 8.01. The van der Waals surface area contributed by atoms with Gasteiger partial charge in [0.2, 0.25) is 10.0 Å². The summed E-state index contributed by atoms with van der Waals surface area (Å²) < 4.78 is 26.7. The van der Waals surface area contributed by atoms with Crippen LogP contribution < -0.4 is 10.0 Å². The van der Waals surface area contributed by atoms with Gasteiger partial charge in [0.25, 0.3) is 0 Å². The van der Waals surface area contributed by atoms with Gasteiger partial charge in [0, 0.05) is 11.7 Å². The Hall–Kier alpha value is -1.07. The van der Waals surface area contributed by atoms with Crippen molar-refractivity contribution in [1.82, 2.24) is 5.32 Å². The van der Waals surface area contributed by atoms with E-state index in [1.807, 2.05) is 25.1 Å². The number of benzene rings is 1. The SMILES string of the molecule is Cc1cccc(NS(=O)(=O)CC2CCCCN2)c1. The second kappa shape index (κ2) is 5.71. The molecule has 1 unspecified atom stereocenters. The van der Waals surface area contributed by atoms with E-state index in [1.54, 1.807) is 6.07 Å². The third-order valence-corrected chi connectivity index (χ3v) is 4.51. The lowest BCUT2D eigenvalue weighted by atomic mass is 10.1. The van der Waals surface area contributed by atoms with Crippen LogP contribution in [0.25, 0.3) is 0 Å². The Bertz CT molecular complexity index is 493. The fourth-order valence-corrected chi connectivity index (χ4v) is 3.64. The molecule has 18 heavy (non-hydrogen) atoms. The molecule has 4 nitrogen and oxygen atoms in total. The maximum absolute atomic E-state index is 12.0. The molecule has 0 aromatic heterocycles. The van der Waals surface area contributed by atoms with Gasteiger partial charge >= 0.3 is 0 Å². The van der Waals surface area contributed by atoms with E-state index in [-0.39, 0.29) is 11.8 Å². The first kappa shape index (κ1) is 13.4. The Morgan fingerprint density at radius 2 is 2.22 bits per heavy atom. The molecule has 1 aromatic rings. The predicted octanol–water partition coefficient (Wildman–Crippen LogP) is 1.88. The predicted molar refractivity (Wildman–Crippen MR) is 74.2 cm³/mol. The molecular weight excluding hydrogens is 248 g/mol. The molecule has 1 fully saturated rings. The molecule has 1 atom stereocenters. The summed E-state index contributed by atoms with van der Waals surface area (Å²) in [5.74, 6) is 0.154. The Labute approximate surface area is 109 Å². The summed E-state index contributed by atoms with van der Waals surface area (Å²) in [5, 5.41) is 3.25. The lowest BCUT2D eigenvalue weighted by molar-refractivity contribution is 0.424. The van der Waals surface area contributed by atoms with Crippen LogP contribution in [0.3, 0.4) is 0 Å². The number of sulfonamides is 1. The van der Waals surface area contributed by atoms with Crippen molar-refractivity contribution >= 4 is 15.7 Å². The van der Waals surface area contributed by atoms with E-state index in [0.717, 1.165) is 31.4 Å². The van der Waals surface area contributed by atoms with E-state index in [0.29, 0.717) is 5.69 Å². The Morgan fingerprint density at radius 3 is 2.89 bits per heavy atom. The second-order valence-electron chi connectivity index (χ2n) is 4.90. The number of hydrogen-bond acceptors (Lipinski definition) is 3. The third-order valence-electron chi connectivity index (χ3n) is 3.12. The van der Waals surface area contributed by atoms with Crippen molar-refractivity contribution in [2.75, 3.05) is 17.0 Å². The number of piperidine rings is 1. The zero-order valence-corrected chi connectivity index (χ0v) is 11.5. The van der Waals surface area contributed by atoms with Gasteiger partial charge in [0.15, 0.2) is 0 Å². The van der Waals surface area contributed by atoms with Crippen LogP contribution in [-0.2, 0) is 10.0 Å². The molecule has 1 heterocycles. The molecular formula is C13H20N2O2S. The molecule has 1 aliphatic rings. The summed E-state index contributed by atoms with van der Waals surface area (Å²) in [6, 6.07) is 7.50. The van der Waals surface area contributed by atoms with Crippen molar-refractivity contribution in [3.8, 4) is 0 Å². The van der Waals surface area contributed by atoms with Crippen molar-refractivity contribution in [2.45, 2.75) is 32.2 Å². The topological polar surface area (TPSA) is 58.2 Å². The van der Waals surface area contributed by atoms with Crippen LogP contribution in [-0.4, -0.2) is 26.8 Å². The summed E-state index contributed by atoms with van der Waals surface area (Å²) in [4.78, 5) is 0. The van der Waals surface area contributed by atoms with Gasteiger partial charge in [-0.05, 0) is 44.0 Å². The molecule has 0 saturated carbocycles. The molecule has 1 saturated heterocycles. The van der Waals surface area contributed by atoms with Gasteiger partial charge < -0.3 is 5.32 Å². The minimum absolute atomic E-state index is 0.0843. The number of nitrogens with one attached hydrogen (secondary N) is 2. The van der Waals surface area contributed by atoms with Gasteiger partial charge in [-0.2, -0.15) is 0 Å². The van der Waals surface area contributed by atoms with E-state index < -0.39 is 10.0 Å². The average molecular weight is 268 g/mol. The van der Waals surface area contributed by atoms with Gasteiger partial charge in [-0.3, -0.25) is 4.72 Å². The first-order valence-electron chi connectivity index (χ1n) is 6.36. The molecule has 100 valence electrons. The fraction of sp³-hybridized carbons (Fsp3) is 0.538. The van der Waals surface area contributed by atoms with Crippen LogP contribution >= 0.6 is 0 Å². The average Bonchev–Trinajstić information content (AvgIpc) is 2.28. The van der Waals surface area contributed by atoms with Crippen molar-refractivity contribution < 1.29 is 8.42 Å². The number of hydrogen-bond donors (Lipinski definition) is 2. The van der Waals surface area contributed by atoms with Gasteiger partial charge in [-0.25, -0.2) is 8.42 Å². The molecule has 5 heteroatoms. The smallest absolute Gasteiger partial charge is 0.234 e. The van der Waals surface area contributed by atoms with E-state index in [4.69, 9.17) is 0 Å². The largest absolute Gasteiger partial charge is 0.313 e. The Morgan fingerprint density at radius 1 is 1.39 bits per heavy atom. The highest BCUT2D eigenvalue weighted by Crippen LogP contribution is 2.14. The highest BCUT2D eigenvalue weighted by Gasteiger charge is 2.20. The van der Waals surface area contributed by atoms with Gasteiger partial charge in [-0.15, -0.1) is 0 Å². The molecule has 0 spiro atoms. The van der Waals surface area contributed by atoms with Crippen molar-refractivity contribution in [1.29, 1.82) is 0 Å². The van der Waals surface area contributed by atoms with E-state index in [2.05, 4.69) is 10.0 Å². The molecule has 1 aliphatic heterocycles. The first-order chi connectivity index (χ1) is 8.55. The lowest BCUT2D eigenvalue weighted by Crippen LogP contribution is -2.40. The van der Waals surface area contributed by atoms with Gasteiger partial charge in [0.1, 0.15) is 0 Å². The Kier molecular flexibility index (Phi) is 4.24. The summed E-state index contributed by atoms with van der Waals surface area (Å²) in [5.41, 5.74) is 1.69. The lowest BCUT2D eigenvalue weighted by Gasteiger charge is -2.23. The zero-order valence-electron chi connectivity index (χ0n) is 10.6. The van der Waals surface area contributed by atoms with Crippen LogP contribution in [0.4, 0.5) is 5.69 Å². The number of rotatable bonds is 4. The summed E-state index contributed by atoms with van der Waals surface area (Å²) in [7, 11) is -3.26. The van der Waals surface area contributed by atoms with E-state index in [9.17, 15) is 8.42 Å². The molecule has 2 rings (SSSR count). The van der Waals surface area contributed by atoms with Crippen LogP contribution in [0.5, 0.6) is 0 Å². The highest BCUT2D eigenvalue weighted by atomic mass is 32.2. The molecule has 1 aromatic carbocycles. The normalized spacial score (nSPS) is 20.6. The fourth-order valence-electron chi connectivity index (χ4n) is 2.26. The monoisotopic (exact) mass is 268 g/mol. The summed E-state index contributed by atoms with van der Waals surface area (Å²) in [6.07, 6.45) is 3.19. The van der Waals surface area contributed by atoms with Crippen LogP contribution in [0.2, 0.25) is 0 Å². The Balaban J connectivity index is 1.98. The highest BCUT2D eigenvalue weighted by molar-refractivity contribution is 7.92. The molecule has 0 bridgehead atoms. The van der Waals surface area contributed by atoms with Crippen molar-refractivity contribution in [2.24, 2.45) is 0 Å². The summed E-state index contributed by atoms with van der Waals surface area (Å²) >= 11 is 0. The van der Waals surface area contributed by atoms with Crippen molar-refractivity contribution in [3.05, 3.63) is 29.8 Å². The molecule has 0 radical (unpaired) electrons. The zero-order chi connectivity index (χ0) is 13.0. The van der Waals surface area contributed by atoms with Crippen LogP contribution in [0, 0.1) is 6.92 Å². The van der Waals surface area contributed by atoms with E-state index in [1.165, 1.54) is 0 Å². The van der Waals surface area contributed by atoms with Crippen LogP contribution in [0.1, 0.15) is 24.8 Å². The van der Waals surface area contributed by atoms with Crippen LogP contribution in [0.15, 0.2) is 24.3 Å². The van der Waals surface area contributed by atoms with Crippen molar-refractivity contribution in [3.63, 3.8) is 0 Å². The molecule has 2 N–H and O–H groups in total. The number of anilines is 1. The maximum atomic E-state index is 12.0. The molecule has 0 amide bonds. The number of aryl methyl sites for hydroxylation is 1. The quantitative estimate of drug-likeness (QED) is 0.876. The minimum Gasteiger partial charge on any atom is -0.313 e. The summed E-state index contributed by atoms with van der Waals surface area (Å²) in [6.45, 7) is 2.87. The van der Waals surface area contributed by atoms with Gasteiger partial charge in [0.05, 0.1) is 5.75 Å². The minimum atomic E-state index is -3.26. The van der Waals surface area contributed by atoms with Gasteiger partial charge in [-0.1, -0.05) is 18.6 Å². The second-order valence-corrected chi connectivity index (χ2v) is 6.67. The molecule has 0 aliphatic carbocycles. The standard InChI is InChI=1S/C13H20N2O2S/c1-11-5-4-7-12(9-11)15-18(16,17)10-13-6-2-3-8-14-13/h4-5,7,9,13-15H,2-3,6,8,10H2,1H3. The maximum Gasteiger partial charge on any atom is 0.234 e. The van der Waals surface area contributed by atoms with E-state index >= 15 is 0 Å².